The molecule has 0 aliphatic carbocycles. The molecule has 1 aliphatic rings. The molecule has 0 spiro atoms. The van der Waals surface area contributed by atoms with E-state index in [0.29, 0.717) is 13.1 Å². The van der Waals surface area contributed by atoms with Crippen LogP contribution < -0.4 is 10.2 Å². The van der Waals surface area contributed by atoms with Gasteiger partial charge >= 0.3 is 0 Å². The monoisotopic (exact) mass is 411 g/mol. The predicted octanol–water partition coefficient (Wildman–Crippen LogP) is 3.89. The Hall–Kier alpha value is -2.51. The van der Waals surface area contributed by atoms with Crippen molar-refractivity contribution in [1.82, 2.24) is 10.3 Å². The molecule has 3 aromatic rings. The smallest absolute Gasteiger partial charge is 0.227 e. The number of aromatic nitrogens is 1. The average Bonchev–Trinajstić information content (AvgIpc) is 3.42. The van der Waals surface area contributed by atoms with Gasteiger partial charge in [0.2, 0.25) is 11.8 Å². The number of benzene rings is 1. The summed E-state index contributed by atoms with van der Waals surface area (Å²) in [6.45, 7) is 3.02. The van der Waals surface area contributed by atoms with E-state index in [4.69, 9.17) is 0 Å². The van der Waals surface area contributed by atoms with Gasteiger partial charge in [-0.15, -0.1) is 22.7 Å². The number of para-hydroxylation sites is 1. The fourth-order valence-corrected chi connectivity index (χ4v) is 4.98. The molecule has 7 heteroatoms. The quantitative estimate of drug-likeness (QED) is 0.669. The first-order chi connectivity index (χ1) is 13.6. The van der Waals surface area contributed by atoms with Crippen molar-refractivity contribution in [2.24, 2.45) is 5.92 Å². The number of thiazole rings is 1. The number of hydrogen-bond donors (Lipinski definition) is 1. The molecule has 1 aromatic carbocycles. The van der Waals surface area contributed by atoms with Crippen molar-refractivity contribution in [3.8, 4) is 10.6 Å². The van der Waals surface area contributed by atoms with Gasteiger partial charge in [0, 0.05) is 35.5 Å². The Morgan fingerprint density at radius 1 is 1.25 bits per heavy atom. The summed E-state index contributed by atoms with van der Waals surface area (Å²) in [6, 6.07) is 13.7. The number of carbonyl (C=O) groups excluding carboxylic acids is 2. The lowest BCUT2D eigenvalue weighted by Gasteiger charge is -2.16. The van der Waals surface area contributed by atoms with Gasteiger partial charge in [-0.25, -0.2) is 4.98 Å². The van der Waals surface area contributed by atoms with Crippen molar-refractivity contribution < 1.29 is 9.59 Å². The van der Waals surface area contributed by atoms with Crippen molar-refractivity contribution in [3.05, 3.63) is 57.7 Å². The second-order valence-corrected chi connectivity index (χ2v) is 9.03. The molecule has 1 saturated heterocycles. The van der Waals surface area contributed by atoms with Gasteiger partial charge in [0.15, 0.2) is 0 Å². The van der Waals surface area contributed by atoms with Gasteiger partial charge in [-0.2, -0.15) is 0 Å². The van der Waals surface area contributed by atoms with Crippen molar-refractivity contribution in [2.75, 3.05) is 18.0 Å². The molecule has 0 bridgehead atoms. The number of carbonyl (C=O) groups is 2. The Morgan fingerprint density at radius 2 is 2.07 bits per heavy atom. The van der Waals surface area contributed by atoms with Crippen LogP contribution in [0.4, 0.5) is 5.69 Å². The highest BCUT2D eigenvalue weighted by molar-refractivity contribution is 7.16. The number of thiophene rings is 1. The number of nitrogens with one attached hydrogen (secondary N) is 1. The summed E-state index contributed by atoms with van der Waals surface area (Å²) < 4.78 is 0. The third-order valence-corrected chi connectivity index (χ3v) is 6.71. The molecule has 1 atom stereocenters. The van der Waals surface area contributed by atoms with E-state index in [2.05, 4.69) is 27.8 Å². The number of rotatable bonds is 6. The SMILES string of the molecule is Cc1nc(-c2ccc(CCNC(=O)C3CC(=O)N(c4ccccc4)C3)s2)cs1. The second kappa shape index (κ2) is 8.24. The highest BCUT2D eigenvalue weighted by atomic mass is 32.1. The summed E-state index contributed by atoms with van der Waals surface area (Å²) >= 11 is 3.36. The van der Waals surface area contributed by atoms with Crippen LogP contribution in [-0.2, 0) is 16.0 Å². The molecule has 0 saturated carbocycles. The van der Waals surface area contributed by atoms with Gasteiger partial charge in [0.05, 0.1) is 21.5 Å². The standard InChI is InChI=1S/C21H21N3O2S2/c1-14-23-18(13-27-14)19-8-7-17(28-19)9-10-22-21(26)15-11-20(25)24(12-15)16-5-3-2-4-6-16/h2-8,13,15H,9-12H2,1H3,(H,22,26). The largest absolute Gasteiger partial charge is 0.355 e. The van der Waals surface area contributed by atoms with Gasteiger partial charge in [0.1, 0.15) is 0 Å². The molecule has 28 heavy (non-hydrogen) atoms. The molecular weight excluding hydrogens is 390 g/mol. The van der Waals surface area contributed by atoms with Gasteiger partial charge in [-0.3, -0.25) is 9.59 Å². The Kier molecular flexibility index (Phi) is 5.54. The average molecular weight is 412 g/mol. The van der Waals surface area contributed by atoms with Crippen LogP contribution >= 0.6 is 22.7 Å². The molecule has 0 radical (unpaired) electrons. The molecule has 1 N–H and O–H groups in total. The van der Waals surface area contributed by atoms with Gasteiger partial charge in [-0.05, 0) is 37.6 Å². The van der Waals surface area contributed by atoms with Crippen LogP contribution in [0.3, 0.4) is 0 Å². The first-order valence-electron chi connectivity index (χ1n) is 9.24. The third kappa shape index (κ3) is 4.15. The Balaban J connectivity index is 1.28. The lowest BCUT2D eigenvalue weighted by atomic mass is 10.1. The van der Waals surface area contributed by atoms with Crippen molar-refractivity contribution in [1.29, 1.82) is 0 Å². The fraction of sp³-hybridized carbons (Fsp3) is 0.286. The second-order valence-electron chi connectivity index (χ2n) is 6.80. The lowest BCUT2D eigenvalue weighted by Crippen LogP contribution is -2.34. The zero-order chi connectivity index (χ0) is 19.5. The summed E-state index contributed by atoms with van der Waals surface area (Å²) in [4.78, 5) is 33.4. The summed E-state index contributed by atoms with van der Waals surface area (Å²) in [6.07, 6.45) is 1.05. The number of nitrogens with zero attached hydrogens (tertiary/aromatic N) is 2. The Morgan fingerprint density at radius 3 is 2.82 bits per heavy atom. The number of hydrogen-bond acceptors (Lipinski definition) is 5. The molecule has 4 rings (SSSR count). The molecule has 1 aliphatic heterocycles. The van der Waals surface area contributed by atoms with E-state index in [0.717, 1.165) is 27.7 Å². The molecular formula is C21H21N3O2S2. The minimum absolute atomic E-state index is 0.00723. The van der Waals surface area contributed by atoms with Crippen LogP contribution in [0.25, 0.3) is 10.6 Å². The predicted molar refractivity (Wildman–Crippen MR) is 114 cm³/mol. The van der Waals surface area contributed by atoms with Crippen LogP contribution in [0, 0.1) is 12.8 Å². The normalized spacial score (nSPS) is 16.5. The first kappa shape index (κ1) is 18.8. The van der Waals surface area contributed by atoms with E-state index in [-0.39, 0.29) is 24.2 Å². The van der Waals surface area contributed by atoms with E-state index in [1.807, 2.05) is 37.3 Å². The van der Waals surface area contributed by atoms with Crippen LogP contribution in [-0.4, -0.2) is 29.9 Å². The summed E-state index contributed by atoms with van der Waals surface area (Å²) in [5, 5.41) is 6.13. The van der Waals surface area contributed by atoms with Crippen LogP contribution in [0.15, 0.2) is 47.8 Å². The Labute approximate surface area is 172 Å². The van der Waals surface area contributed by atoms with Crippen molar-refractivity contribution in [3.63, 3.8) is 0 Å². The number of amides is 2. The zero-order valence-corrected chi connectivity index (χ0v) is 17.2. The highest BCUT2D eigenvalue weighted by Gasteiger charge is 2.34. The lowest BCUT2D eigenvalue weighted by molar-refractivity contribution is -0.126. The van der Waals surface area contributed by atoms with Crippen molar-refractivity contribution in [2.45, 2.75) is 19.8 Å². The van der Waals surface area contributed by atoms with Crippen LogP contribution in [0.1, 0.15) is 16.3 Å². The van der Waals surface area contributed by atoms with Gasteiger partial charge in [0.25, 0.3) is 0 Å². The van der Waals surface area contributed by atoms with Crippen LogP contribution in [0.2, 0.25) is 0 Å². The molecule has 2 aromatic heterocycles. The van der Waals surface area contributed by atoms with E-state index in [9.17, 15) is 9.59 Å². The van der Waals surface area contributed by atoms with E-state index in [1.165, 1.54) is 4.88 Å². The topological polar surface area (TPSA) is 62.3 Å². The zero-order valence-electron chi connectivity index (χ0n) is 15.6. The third-order valence-electron chi connectivity index (χ3n) is 4.77. The van der Waals surface area contributed by atoms with Gasteiger partial charge in [-0.1, -0.05) is 18.2 Å². The minimum Gasteiger partial charge on any atom is -0.355 e. The minimum atomic E-state index is -0.287. The fourth-order valence-electron chi connectivity index (χ4n) is 3.32. The Bertz CT molecular complexity index is 980. The maximum Gasteiger partial charge on any atom is 0.227 e. The molecule has 2 amide bonds. The molecule has 5 nitrogen and oxygen atoms in total. The molecule has 1 fully saturated rings. The summed E-state index contributed by atoms with van der Waals surface area (Å²) in [5.41, 5.74) is 1.87. The molecule has 144 valence electrons. The van der Waals surface area contributed by atoms with E-state index < -0.39 is 0 Å². The maximum absolute atomic E-state index is 12.5. The maximum atomic E-state index is 12.5. The first-order valence-corrected chi connectivity index (χ1v) is 10.9. The highest BCUT2D eigenvalue weighted by Crippen LogP contribution is 2.29. The van der Waals surface area contributed by atoms with Gasteiger partial charge < -0.3 is 10.2 Å². The van der Waals surface area contributed by atoms with E-state index in [1.54, 1.807) is 27.6 Å². The molecule has 3 heterocycles. The summed E-state index contributed by atoms with van der Waals surface area (Å²) in [7, 11) is 0. The summed E-state index contributed by atoms with van der Waals surface area (Å²) in [5.74, 6) is -0.323. The number of aryl methyl sites for hydroxylation is 1. The van der Waals surface area contributed by atoms with Crippen molar-refractivity contribution >= 4 is 40.2 Å². The number of anilines is 1. The molecule has 1 unspecified atom stereocenters. The van der Waals surface area contributed by atoms with E-state index >= 15 is 0 Å². The van der Waals surface area contributed by atoms with Crippen LogP contribution in [0.5, 0.6) is 0 Å².